The minimum Gasteiger partial charge on any atom is -0.462 e. The van der Waals surface area contributed by atoms with Gasteiger partial charge in [0.1, 0.15) is 0 Å². The molecule has 0 heterocycles. The van der Waals surface area contributed by atoms with Gasteiger partial charge in [0.05, 0.1) is 6.61 Å². The Bertz CT molecular complexity index is 222. The van der Waals surface area contributed by atoms with Gasteiger partial charge < -0.3 is 14.9 Å². The number of hydrogen-bond donors (Lipinski definition) is 2. The van der Waals surface area contributed by atoms with E-state index in [0.29, 0.717) is 6.42 Å². The van der Waals surface area contributed by atoms with Gasteiger partial charge in [0.2, 0.25) is 0 Å². The molecule has 1 atom stereocenters. The van der Waals surface area contributed by atoms with E-state index in [2.05, 4.69) is 6.58 Å². The van der Waals surface area contributed by atoms with Gasteiger partial charge in [-0.1, -0.05) is 6.58 Å². The number of aliphatic hydroxyl groups is 2. The Kier molecular flexibility index (Phi) is 3.66. The second-order valence-electron chi connectivity index (χ2n) is 3.78. The van der Waals surface area contributed by atoms with Gasteiger partial charge in [-0.3, -0.25) is 0 Å². The molecule has 4 nitrogen and oxygen atoms in total. The number of carbonyl (C=O) groups excluding carboxylic acids is 1. The van der Waals surface area contributed by atoms with Crippen LogP contribution in [0.1, 0.15) is 25.7 Å². The molecular formula is C10H16O4. The monoisotopic (exact) mass is 200 g/mol. The largest absolute Gasteiger partial charge is 0.462 e. The summed E-state index contributed by atoms with van der Waals surface area (Å²) in [6.07, 6.45) is 3.40. The van der Waals surface area contributed by atoms with Crippen molar-refractivity contribution in [1.29, 1.82) is 0 Å². The van der Waals surface area contributed by atoms with E-state index >= 15 is 0 Å². The molecule has 0 aromatic rings. The fraction of sp³-hybridized carbons (Fsp3) is 0.700. The van der Waals surface area contributed by atoms with Crippen molar-refractivity contribution in [3.8, 4) is 0 Å². The summed E-state index contributed by atoms with van der Waals surface area (Å²) in [4.78, 5) is 10.8. The zero-order valence-corrected chi connectivity index (χ0v) is 8.11. The van der Waals surface area contributed by atoms with Crippen molar-refractivity contribution in [1.82, 2.24) is 0 Å². The standard InChI is InChI=1S/C10H16O4/c1-2-9(11)14-7-8-4-3-5-10(12,13)6-8/h2,8,12-13H,1,3-7H2. The van der Waals surface area contributed by atoms with Crippen LogP contribution in [0.5, 0.6) is 0 Å². The van der Waals surface area contributed by atoms with E-state index in [1.165, 1.54) is 0 Å². The molecule has 1 aliphatic carbocycles. The van der Waals surface area contributed by atoms with Gasteiger partial charge in [0.15, 0.2) is 5.79 Å². The van der Waals surface area contributed by atoms with E-state index < -0.39 is 11.8 Å². The van der Waals surface area contributed by atoms with Gasteiger partial charge >= 0.3 is 5.97 Å². The highest BCUT2D eigenvalue weighted by Crippen LogP contribution is 2.30. The number of hydrogen-bond acceptors (Lipinski definition) is 4. The number of esters is 1. The van der Waals surface area contributed by atoms with E-state index in [1.807, 2.05) is 0 Å². The molecule has 2 N–H and O–H groups in total. The maximum atomic E-state index is 10.8. The minimum absolute atomic E-state index is 0.0441. The third kappa shape index (κ3) is 3.47. The molecule has 0 amide bonds. The lowest BCUT2D eigenvalue weighted by Crippen LogP contribution is -2.36. The van der Waals surface area contributed by atoms with E-state index in [9.17, 15) is 15.0 Å². The third-order valence-corrected chi connectivity index (χ3v) is 2.43. The van der Waals surface area contributed by atoms with Crippen LogP contribution in [0.3, 0.4) is 0 Å². The highest BCUT2D eigenvalue weighted by molar-refractivity contribution is 5.81. The van der Waals surface area contributed by atoms with E-state index in [0.717, 1.165) is 18.9 Å². The first-order valence-electron chi connectivity index (χ1n) is 4.77. The summed E-state index contributed by atoms with van der Waals surface area (Å²) < 4.78 is 4.84. The number of carbonyl (C=O) groups is 1. The summed E-state index contributed by atoms with van der Waals surface area (Å²) in [5, 5.41) is 18.7. The molecule has 1 fully saturated rings. The second kappa shape index (κ2) is 4.57. The Labute approximate surface area is 83.2 Å². The molecule has 0 aromatic heterocycles. The van der Waals surface area contributed by atoms with Crippen LogP contribution in [0.25, 0.3) is 0 Å². The van der Waals surface area contributed by atoms with Gasteiger partial charge in [-0.05, 0) is 18.8 Å². The maximum absolute atomic E-state index is 10.8. The zero-order valence-electron chi connectivity index (χ0n) is 8.11. The van der Waals surface area contributed by atoms with Gasteiger partial charge in [-0.2, -0.15) is 0 Å². The fourth-order valence-electron chi connectivity index (χ4n) is 1.74. The third-order valence-electron chi connectivity index (χ3n) is 2.43. The SMILES string of the molecule is C=CC(=O)OCC1CCCC(O)(O)C1. The van der Waals surface area contributed by atoms with Crippen molar-refractivity contribution in [2.45, 2.75) is 31.5 Å². The normalized spacial score (nSPS) is 25.4. The summed E-state index contributed by atoms with van der Waals surface area (Å²) >= 11 is 0. The fourth-order valence-corrected chi connectivity index (χ4v) is 1.74. The van der Waals surface area contributed by atoms with Gasteiger partial charge in [0.25, 0.3) is 0 Å². The van der Waals surface area contributed by atoms with Gasteiger partial charge in [-0.25, -0.2) is 4.79 Å². The Balaban J connectivity index is 2.31. The quantitative estimate of drug-likeness (QED) is 0.397. The van der Waals surface area contributed by atoms with Crippen molar-refractivity contribution in [3.05, 3.63) is 12.7 Å². The minimum atomic E-state index is -1.58. The van der Waals surface area contributed by atoms with Crippen molar-refractivity contribution < 1.29 is 19.7 Å². The molecule has 0 radical (unpaired) electrons. The van der Waals surface area contributed by atoms with E-state index in [1.54, 1.807) is 0 Å². The average Bonchev–Trinajstić information content (AvgIpc) is 2.12. The smallest absolute Gasteiger partial charge is 0.330 e. The lowest BCUT2D eigenvalue weighted by molar-refractivity contribution is -0.195. The molecule has 80 valence electrons. The average molecular weight is 200 g/mol. The molecule has 1 saturated carbocycles. The van der Waals surface area contributed by atoms with Crippen molar-refractivity contribution in [2.24, 2.45) is 5.92 Å². The first-order chi connectivity index (χ1) is 6.53. The highest BCUT2D eigenvalue weighted by Gasteiger charge is 2.32. The number of rotatable bonds is 3. The lowest BCUT2D eigenvalue weighted by atomic mass is 9.85. The van der Waals surface area contributed by atoms with Crippen LogP contribution in [-0.2, 0) is 9.53 Å². The molecule has 0 spiro atoms. The van der Waals surface area contributed by atoms with Crippen LogP contribution < -0.4 is 0 Å². The van der Waals surface area contributed by atoms with E-state index in [4.69, 9.17) is 4.74 Å². The Hall–Kier alpha value is -0.870. The van der Waals surface area contributed by atoms with Crippen molar-refractivity contribution in [2.75, 3.05) is 6.61 Å². The first kappa shape index (κ1) is 11.2. The van der Waals surface area contributed by atoms with Crippen LogP contribution >= 0.6 is 0 Å². The molecular weight excluding hydrogens is 184 g/mol. The Morgan fingerprint density at radius 2 is 2.36 bits per heavy atom. The van der Waals surface area contributed by atoms with Crippen LogP contribution in [0.15, 0.2) is 12.7 Å². The van der Waals surface area contributed by atoms with Gasteiger partial charge in [-0.15, -0.1) is 0 Å². The molecule has 0 aliphatic heterocycles. The summed E-state index contributed by atoms with van der Waals surface area (Å²) in [5.41, 5.74) is 0. The van der Waals surface area contributed by atoms with Crippen LogP contribution in [0.4, 0.5) is 0 Å². The molecule has 0 bridgehead atoms. The summed E-state index contributed by atoms with van der Waals surface area (Å²) in [7, 11) is 0. The molecule has 1 unspecified atom stereocenters. The zero-order chi connectivity index (χ0) is 10.6. The summed E-state index contributed by atoms with van der Waals surface area (Å²) in [5.74, 6) is -2.00. The highest BCUT2D eigenvalue weighted by atomic mass is 16.5. The van der Waals surface area contributed by atoms with Crippen LogP contribution in [-0.4, -0.2) is 28.6 Å². The summed E-state index contributed by atoms with van der Waals surface area (Å²) in [6.45, 7) is 3.52. The Morgan fingerprint density at radius 1 is 1.64 bits per heavy atom. The lowest BCUT2D eigenvalue weighted by Gasteiger charge is -2.31. The molecule has 14 heavy (non-hydrogen) atoms. The van der Waals surface area contributed by atoms with Crippen molar-refractivity contribution in [3.63, 3.8) is 0 Å². The van der Waals surface area contributed by atoms with Crippen molar-refractivity contribution >= 4 is 5.97 Å². The maximum Gasteiger partial charge on any atom is 0.330 e. The molecule has 4 heteroatoms. The predicted molar refractivity (Wildman–Crippen MR) is 50.3 cm³/mol. The topological polar surface area (TPSA) is 66.8 Å². The molecule has 1 aliphatic rings. The van der Waals surface area contributed by atoms with Crippen LogP contribution in [0, 0.1) is 5.92 Å². The first-order valence-corrected chi connectivity index (χ1v) is 4.77. The Morgan fingerprint density at radius 3 is 2.93 bits per heavy atom. The van der Waals surface area contributed by atoms with Gasteiger partial charge in [0, 0.05) is 18.9 Å². The second-order valence-corrected chi connectivity index (χ2v) is 3.78. The number of ether oxygens (including phenoxy) is 1. The summed E-state index contributed by atoms with van der Waals surface area (Å²) in [6, 6.07) is 0. The predicted octanol–water partition coefficient (Wildman–Crippen LogP) is 0.587. The molecule has 0 saturated heterocycles. The molecule has 0 aromatic carbocycles. The van der Waals surface area contributed by atoms with E-state index in [-0.39, 0.29) is 18.9 Å². The van der Waals surface area contributed by atoms with Crippen LogP contribution in [0.2, 0.25) is 0 Å². The molecule has 1 rings (SSSR count).